The van der Waals surface area contributed by atoms with Crippen molar-refractivity contribution >= 4 is 0 Å². The van der Waals surface area contributed by atoms with Gasteiger partial charge in [-0.2, -0.15) is 0 Å². The van der Waals surface area contributed by atoms with Gasteiger partial charge in [0.2, 0.25) is 0 Å². The lowest BCUT2D eigenvalue weighted by Crippen LogP contribution is -2.22. The van der Waals surface area contributed by atoms with E-state index < -0.39 is 0 Å². The van der Waals surface area contributed by atoms with Gasteiger partial charge in [-0.25, -0.2) is 0 Å². The van der Waals surface area contributed by atoms with Crippen molar-refractivity contribution in [3.05, 3.63) is 0 Å². The third-order valence-electron chi connectivity index (χ3n) is 3.13. The number of unbranched alkanes of at least 4 members (excludes halogenated alkanes) is 2. The summed E-state index contributed by atoms with van der Waals surface area (Å²) in [5.74, 6) is 2.63. The molecule has 1 heterocycles. The first-order chi connectivity index (χ1) is 9.36. The molecule has 0 bridgehead atoms. The predicted octanol–water partition coefficient (Wildman–Crippen LogP) is 2.71. The van der Waals surface area contributed by atoms with Crippen LogP contribution in [-0.2, 0) is 18.9 Å². The quantitative estimate of drug-likeness (QED) is 0.347. The van der Waals surface area contributed by atoms with Crippen LogP contribution in [0.5, 0.6) is 0 Å². The summed E-state index contributed by atoms with van der Waals surface area (Å²) in [4.78, 5) is 0. The molecule has 1 unspecified atom stereocenters. The van der Waals surface area contributed by atoms with Crippen LogP contribution in [0.15, 0.2) is 0 Å². The van der Waals surface area contributed by atoms with Crippen molar-refractivity contribution < 1.29 is 18.9 Å². The van der Waals surface area contributed by atoms with Crippen LogP contribution in [-0.4, -0.2) is 39.5 Å². The number of methoxy groups -OCH3 is 1. The van der Waals surface area contributed by atoms with E-state index in [-0.39, 0.29) is 19.2 Å². The van der Waals surface area contributed by atoms with Gasteiger partial charge in [-0.3, -0.25) is 0 Å². The first kappa shape index (κ1) is 16.5. The van der Waals surface area contributed by atoms with Gasteiger partial charge in [0.25, 0.3) is 0 Å². The van der Waals surface area contributed by atoms with Gasteiger partial charge < -0.3 is 18.9 Å². The Labute approximate surface area is 116 Å². The van der Waals surface area contributed by atoms with E-state index in [1.807, 2.05) is 0 Å². The maximum Gasteiger partial charge on any atom is 0.157 e. The van der Waals surface area contributed by atoms with Crippen molar-refractivity contribution in [3.8, 4) is 12.3 Å². The van der Waals surface area contributed by atoms with Crippen molar-refractivity contribution in [2.75, 3.05) is 27.1 Å². The van der Waals surface area contributed by atoms with E-state index in [0.717, 1.165) is 51.7 Å². The Hall–Kier alpha value is -0.600. The summed E-state index contributed by atoms with van der Waals surface area (Å²) < 4.78 is 21.3. The van der Waals surface area contributed by atoms with Gasteiger partial charge in [-0.05, 0) is 38.5 Å². The van der Waals surface area contributed by atoms with E-state index in [9.17, 15) is 0 Å². The molecule has 2 atom stereocenters. The molecule has 1 saturated heterocycles. The van der Waals surface area contributed by atoms with Crippen molar-refractivity contribution in [1.82, 2.24) is 0 Å². The first-order valence-corrected chi connectivity index (χ1v) is 7.16. The van der Waals surface area contributed by atoms with E-state index in [4.69, 9.17) is 25.4 Å². The number of terminal acetylenes is 1. The molecule has 0 saturated carbocycles. The lowest BCUT2D eigenvalue weighted by Gasteiger charge is -2.22. The van der Waals surface area contributed by atoms with Crippen LogP contribution in [0.2, 0.25) is 0 Å². The molecule has 1 fully saturated rings. The van der Waals surface area contributed by atoms with Crippen LogP contribution in [0, 0.1) is 12.3 Å². The smallest absolute Gasteiger partial charge is 0.157 e. The number of hydrogen-bond acceptors (Lipinski definition) is 4. The van der Waals surface area contributed by atoms with Crippen LogP contribution < -0.4 is 0 Å². The second kappa shape index (κ2) is 11.2. The molecule has 19 heavy (non-hydrogen) atoms. The molecule has 0 N–H and O–H groups in total. The molecule has 0 aromatic heterocycles. The molecule has 0 amide bonds. The Morgan fingerprint density at radius 3 is 2.89 bits per heavy atom. The van der Waals surface area contributed by atoms with E-state index in [1.165, 1.54) is 6.42 Å². The lowest BCUT2D eigenvalue weighted by molar-refractivity contribution is -0.162. The highest BCUT2D eigenvalue weighted by Gasteiger charge is 2.13. The van der Waals surface area contributed by atoms with Crippen molar-refractivity contribution in [3.63, 3.8) is 0 Å². The van der Waals surface area contributed by atoms with Gasteiger partial charge >= 0.3 is 0 Å². The number of ether oxygens (including phenoxy) is 4. The molecule has 0 aliphatic carbocycles. The molecule has 0 radical (unpaired) electrons. The fourth-order valence-corrected chi connectivity index (χ4v) is 2.03. The zero-order valence-electron chi connectivity index (χ0n) is 11.9. The van der Waals surface area contributed by atoms with Gasteiger partial charge in [0.15, 0.2) is 6.29 Å². The van der Waals surface area contributed by atoms with E-state index in [2.05, 4.69) is 5.92 Å². The number of rotatable bonds is 10. The van der Waals surface area contributed by atoms with Gasteiger partial charge in [-0.15, -0.1) is 6.42 Å². The van der Waals surface area contributed by atoms with Crippen LogP contribution in [0.3, 0.4) is 0 Å². The van der Waals surface area contributed by atoms with E-state index in [1.54, 1.807) is 7.11 Å². The lowest BCUT2D eigenvalue weighted by atomic mass is 10.1. The molecular formula is C15H26O4. The van der Waals surface area contributed by atoms with Crippen molar-refractivity contribution in [2.24, 2.45) is 0 Å². The minimum atomic E-state index is -0.137. The third kappa shape index (κ3) is 8.22. The Bertz CT molecular complexity index is 243. The summed E-state index contributed by atoms with van der Waals surface area (Å²) >= 11 is 0. The topological polar surface area (TPSA) is 36.9 Å². The molecule has 0 aromatic rings. The third-order valence-corrected chi connectivity index (χ3v) is 3.13. The minimum Gasteiger partial charge on any atom is -0.359 e. The highest BCUT2D eigenvalue weighted by Crippen LogP contribution is 2.14. The molecule has 4 nitrogen and oxygen atoms in total. The predicted molar refractivity (Wildman–Crippen MR) is 73.6 cm³/mol. The molecule has 4 heteroatoms. The average Bonchev–Trinajstić information content (AvgIpc) is 2.47. The minimum absolute atomic E-state index is 0.0252. The van der Waals surface area contributed by atoms with Crippen molar-refractivity contribution in [1.29, 1.82) is 0 Å². The molecule has 1 aliphatic heterocycles. The SMILES string of the molecule is C#C[C@@H](CCCCCOC1CCCCO1)OCOC. The van der Waals surface area contributed by atoms with Crippen molar-refractivity contribution in [2.45, 2.75) is 57.3 Å². The molecule has 1 rings (SSSR count). The van der Waals surface area contributed by atoms with Crippen LogP contribution in [0.25, 0.3) is 0 Å². The fraction of sp³-hybridized carbons (Fsp3) is 0.867. The zero-order chi connectivity index (χ0) is 13.8. The molecular weight excluding hydrogens is 244 g/mol. The van der Waals surface area contributed by atoms with Gasteiger partial charge in [0.1, 0.15) is 12.9 Å². The summed E-state index contributed by atoms with van der Waals surface area (Å²) in [6.45, 7) is 1.87. The Balaban J connectivity index is 1.91. The fourth-order valence-electron chi connectivity index (χ4n) is 2.03. The number of hydrogen-bond donors (Lipinski definition) is 0. The summed E-state index contributed by atoms with van der Waals surface area (Å²) in [7, 11) is 1.60. The largest absolute Gasteiger partial charge is 0.359 e. The Morgan fingerprint density at radius 1 is 1.32 bits per heavy atom. The summed E-state index contributed by atoms with van der Waals surface area (Å²) in [5.41, 5.74) is 0. The van der Waals surface area contributed by atoms with E-state index >= 15 is 0 Å². The first-order valence-electron chi connectivity index (χ1n) is 7.16. The highest BCUT2D eigenvalue weighted by molar-refractivity contribution is 4.94. The maximum atomic E-state index is 5.67. The summed E-state index contributed by atoms with van der Waals surface area (Å²) in [5, 5.41) is 0. The molecule has 0 spiro atoms. The standard InChI is InChI=1S/C15H26O4/c1-3-14(19-13-16-2)9-5-4-7-11-17-15-10-6-8-12-18-15/h1,14-15H,4-13H2,2H3/t14-,15?/m0/s1. The zero-order valence-corrected chi connectivity index (χ0v) is 11.9. The maximum absolute atomic E-state index is 5.67. The van der Waals surface area contributed by atoms with Gasteiger partial charge in [0.05, 0.1) is 0 Å². The van der Waals surface area contributed by atoms with Crippen LogP contribution >= 0.6 is 0 Å². The molecule has 1 aliphatic rings. The van der Waals surface area contributed by atoms with Crippen LogP contribution in [0.1, 0.15) is 44.9 Å². The monoisotopic (exact) mass is 270 g/mol. The van der Waals surface area contributed by atoms with Gasteiger partial charge in [-0.1, -0.05) is 12.3 Å². The average molecular weight is 270 g/mol. The summed E-state index contributed by atoms with van der Waals surface area (Å²) in [6.07, 6.45) is 12.7. The van der Waals surface area contributed by atoms with Crippen LogP contribution in [0.4, 0.5) is 0 Å². The Morgan fingerprint density at radius 2 is 2.21 bits per heavy atom. The molecule has 0 aromatic carbocycles. The van der Waals surface area contributed by atoms with E-state index in [0.29, 0.717) is 0 Å². The second-order valence-corrected chi connectivity index (χ2v) is 4.74. The molecule has 110 valence electrons. The Kier molecular flexibility index (Phi) is 9.74. The second-order valence-electron chi connectivity index (χ2n) is 4.74. The highest BCUT2D eigenvalue weighted by atomic mass is 16.7. The summed E-state index contributed by atoms with van der Waals surface area (Å²) in [6, 6.07) is 0. The normalized spacial score (nSPS) is 20.9. The van der Waals surface area contributed by atoms with Gasteiger partial charge in [0, 0.05) is 20.3 Å².